The molecule has 1 rings (SSSR count). The van der Waals surface area contributed by atoms with Crippen molar-refractivity contribution in [1.29, 1.82) is 0 Å². The first kappa shape index (κ1) is 17.9. The van der Waals surface area contributed by atoms with Crippen molar-refractivity contribution < 1.29 is 5.11 Å². The Morgan fingerprint density at radius 1 is 1.15 bits per heavy atom. The largest absolute Gasteiger partial charge is 0.396 e. The molecule has 0 atom stereocenters. The minimum absolute atomic E-state index is 0.309. The molecule has 1 aliphatic rings. The lowest BCUT2D eigenvalue weighted by atomic mass is 9.79. The van der Waals surface area contributed by atoms with Crippen LogP contribution in [0.1, 0.15) is 65.7 Å². The Morgan fingerprint density at radius 2 is 1.80 bits per heavy atom. The van der Waals surface area contributed by atoms with E-state index in [1.807, 2.05) is 0 Å². The molecule has 0 bridgehead atoms. The van der Waals surface area contributed by atoms with Crippen molar-refractivity contribution in [2.24, 2.45) is 5.41 Å². The smallest absolute Gasteiger partial charge is 0.0443 e. The van der Waals surface area contributed by atoms with Crippen LogP contribution in [0.5, 0.6) is 0 Å². The van der Waals surface area contributed by atoms with E-state index in [0.29, 0.717) is 18.1 Å². The van der Waals surface area contributed by atoms with Crippen molar-refractivity contribution in [2.45, 2.75) is 71.8 Å². The van der Waals surface area contributed by atoms with E-state index in [1.54, 1.807) is 0 Å². The molecule has 120 valence electrons. The summed E-state index contributed by atoms with van der Waals surface area (Å²) in [6.07, 6.45) is 9.22. The fraction of sp³-hybridized carbons (Fsp3) is 1.00. The predicted molar refractivity (Wildman–Crippen MR) is 87.1 cm³/mol. The summed E-state index contributed by atoms with van der Waals surface area (Å²) in [6, 6.07) is 0.573. The van der Waals surface area contributed by atoms with Gasteiger partial charge in [0.1, 0.15) is 0 Å². The molecule has 0 saturated heterocycles. The molecule has 1 fully saturated rings. The number of aliphatic hydroxyl groups is 1. The first-order valence-corrected chi connectivity index (χ1v) is 8.69. The molecule has 20 heavy (non-hydrogen) atoms. The van der Waals surface area contributed by atoms with Gasteiger partial charge in [0.2, 0.25) is 0 Å². The molecular formula is C17H36N2O. The molecule has 3 heteroatoms. The van der Waals surface area contributed by atoms with Crippen LogP contribution in [-0.4, -0.2) is 48.8 Å². The monoisotopic (exact) mass is 284 g/mol. The summed E-state index contributed by atoms with van der Waals surface area (Å²) in [4.78, 5) is 2.58. The molecule has 0 radical (unpaired) electrons. The second-order valence-electron chi connectivity index (χ2n) is 6.84. The zero-order valence-corrected chi connectivity index (χ0v) is 14.0. The van der Waals surface area contributed by atoms with Gasteiger partial charge in [0, 0.05) is 32.3 Å². The van der Waals surface area contributed by atoms with Crippen LogP contribution >= 0.6 is 0 Å². The lowest BCUT2D eigenvalue weighted by Gasteiger charge is -2.40. The van der Waals surface area contributed by atoms with Gasteiger partial charge < -0.3 is 15.3 Å². The van der Waals surface area contributed by atoms with Gasteiger partial charge in [-0.1, -0.05) is 32.6 Å². The van der Waals surface area contributed by atoms with Gasteiger partial charge in [0.15, 0.2) is 0 Å². The Hall–Kier alpha value is -0.120. The van der Waals surface area contributed by atoms with E-state index < -0.39 is 0 Å². The summed E-state index contributed by atoms with van der Waals surface area (Å²) < 4.78 is 0. The van der Waals surface area contributed by atoms with E-state index in [2.05, 4.69) is 31.0 Å². The van der Waals surface area contributed by atoms with Crippen LogP contribution in [0, 0.1) is 5.41 Å². The number of rotatable bonds is 9. The van der Waals surface area contributed by atoms with Crippen molar-refractivity contribution >= 4 is 0 Å². The zero-order chi connectivity index (χ0) is 14.8. The summed E-state index contributed by atoms with van der Waals surface area (Å²) in [7, 11) is 0. The first-order valence-electron chi connectivity index (χ1n) is 8.69. The predicted octanol–water partition coefficient (Wildman–Crippen LogP) is 3.03. The highest BCUT2D eigenvalue weighted by atomic mass is 16.3. The van der Waals surface area contributed by atoms with Crippen LogP contribution in [0.2, 0.25) is 0 Å². The normalized spacial score (nSPS) is 19.5. The Morgan fingerprint density at radius 3 is 2.30 bits per heavy atom. The van der Waals surface area contributed by atoms with Gasteiger partial charge in [-0.2, -0.15) is 0 Å². The SMILES string of the molecule is CCNCC1(CN(CCCO)C(C)C)CCCCCC1. The molecule has 0 unspecified atom stereocenters. The van der Waals surface area contributed by atoms with E-state index in [4.69, 9.17) is 5.11 Å². The summed E-state index contributed by atoms with van der Waals surface area (Å²) in [5.41, 5.74) is 0.451. The average molecular weight is 284 g/mol. The van der Waals surface area contributed by atoms with Crippen molar-refractivity contribution in [3.8, 4) is 0 Å². The number of hydrogen-bond acceptors (Lipinski definition) is 3. The van der Waals surface area contributed by atoms with Crippen LogP contribution in [0.15, 0.2) is 0 Å². The van der Waals surface area contributed by atoms with E-state index in [9.17, 15) is 0 Å². The van der Waals surface area contributed by atoms with E-state index >= 15 is 0 Å². The molecule has 0 heterocycles. The lowest BCUT2D eigenvalue weighted by Crippen LogP contribution is -2.46. The van der Waals surface area contributed by atoms with Crippen LogP contribution in [0.4, 0.5) is 0 Å². The van der Waals surface area contributed by atoms with Crippen LogP contribution in [0.3, 0.4) is 0 Å². The summed E-state index contributed by atoms with van der Waals surface area (Å²) in [5.74, 6) is 0. The Kier molecular flexibility index (Phi) is 8.74. The van der Waals surface area contributed by atoms with Crippen molar-refractivity contribution in [3.05, 3.63) is 0 Å². The topological polar surface area (TPSA) is 35.5 Å². The molecule has 0 spiro atoms. The first-order chi connectivity index (χ1) is 9.63. The zero-order valence-electron chi connectivity index (χ0n) is 14.0. The summed E-state index contributed by atoms with van der Waals surface area (Å²) in [5, 5.41) is 12.7. The molecule has 0 amide bonds. The van der Waals surface area contributed by atoms with E-state index in [0.717, 1.165) is 26.1 Å². The van der Waals surface area contributed by atoms with Crippen LogP contribution in [-0.2, 0) is 0 Å². The molecule has 0 aromatic carbocycles. The Balaban J connectivity index is 2.68. The van der Waals surface area contributed by atoms with Gasteiger partial charge >= 0.3 is 0 Å². The Bertz CT molecular complexity index is 235. The highest BCUT2D eigenvalue weighted by molar-refractivity contribution is 4.87. The maximum absolute atomic E-state index is 9.11. The number of nitrogens with one attached hydrogen (secondary N) is 1. The molecule has 0 aliphatic heterocycles. The number of aliphatic hydroxyl groups excluding tert-OH is 1. The molecular weight excluding hydrogens is 248 g/mol. The molecule has 1 aliphatic carbocycles. The van der Waals surface area contributed by atoms with Gasteiger partial charge in [-0.15, -0.1) is 0 Å². The number of hydrogen-bond donors (Lipinski definition) is 2. The number of nitrogens with zero attached hydrogens (tertiary/aromatic N) is 1. The maximum atomic E-state index is 9.11. The van der Waals surface area contributed by atoms with Crippen LogP contribution < -0.4 is 5.32 Å². The minimum Gasteiger partial charge on any atom is -0.396 e. The van der Waals surface area contributed by atoms with Crippen molar-refractivity contribution in [1.82, 2.24) is 10.2 Å². The van der Waals surface area contributed by atoms with Gasteiger partial charge in [-0.05, 0) is 45.1 Å². The summed E-state index contributed by atoms with van der Waals surface area (Å²) >= 11 is 0. The van der Waals surface area contributed by atoms with E-state index in [1.165, 1.54) is 45.1 Å². The quantitative estimate of drug-likeness (QED) is 0.639. The van der Waals surface area contributed by atoms with E-state index in [-0.39, 0.29) is 0 Å². The van der Waals surface area contributed by atoms with Crippen LogP contribution in [0.25, 0.3) is 0 Å². The Labute approximate surface area is 126 Å². The van der Waals surface area contributed by atoms with Gasteiger partial charge in [-0.3, -0.25) is 0 Å². The highest BCUT2D eigenvalue weighted by Gasteiger charge is 2.33. The maximum Gasteiger partial charge on any atom is 0.0443 e. The van der Waals surface area contributed by atoms with Crippen molar-refractivity contribution in [2.75, 3.05) is 32.8 Å². The summed E-state index contributed by atoms with van der Waals surface area (Å²) in [6.45, 7) is 11.5. The molecule has 0 aromatic rings. The molecule has 1 saturated carbocycles. The van der Waals surface area contributed by atoms with Gasteiger partial charge in [-0.25, -0.2) is 0 Å². The standard InChI is InChI=1S/C17H36N2O/c1-4-18-14-17(10-7-5-6-8-11-17)15-19(16(2)3)12-9-13-20/h16,18,20H,4-15H2,1-3H3. The minimum atomic E-state index is 0.309. The van der Waals surface area contributed by atoms with Crippen molar-refractivity contribution in [3.63, 3.8) is 0 Å². The van der Waals surface area contributed by atoms with Gasteiger partial charge in [0.25, 0.3) is 0 Å². The highest BCUT2D eigenvalue weighted by Crippen LogP contribution is 2.36. The second kappa shape index (κ2) is 9.75. The average Bonchev–Trinajstić information content (AvgIpc) is 2.67. The fourth-order valence-corrected chi connectivity index (χ4v) is 3.48. The lowest BCUT2D eigenvalue weighted by molar-refractivity contribution is 0.0969. The van der Waals surface area contributed by atoms with Gasteiger partial charge in [0.05, 0.1) is 0 Å². The fourth-order valence-electron chi connectivity index (χ4n) is 3.48. The molecule has 2 N–H and O–H groups in total. The molecule has 3 nitrogen and oxygen atoms in total. The third-order valence-corrected chi connectivity index (χ3v) is 4.79. The third kappa shape index (κ3) is 6.11. The third-order valence-electron chi connectivity index (χ3n) is 4.79. The molecule has 0 aromatic heterocycles. The second-order valence-corrected chi connectivity index (χ2v) is 6.84.